The number of hydrogen-bond acceptors (Lipinski definition) is 6. The number of H-pyrrole nitrogens is 1. The van der Waals surface area contributed by atoms with Gasteiger partial charge in [-0.25, -0.2) is 13.4 Å². The van der Waals surface area contributed by atoms with Crippen LogP contribution < -0.4 is 15.6 Å². The molecule has 2 N–H and O–H groups in total. The van der Waals surface area contributed by atoms with E-state index in [0.29, 0.717) is 44.0 Å². The molecule has 1 aliphatic rings. The van der Waals surface area contributed by atoms with Crippen LogP contribution in [0.15, 0.2) is 40.0 Å². The normalized spacial score (nSPS) is 16.2. The molecule has 9 heteroatoms. The van der Waals surface area contributed by atoms with E-state index in [0.717, 1.165) is 5.69 Å². The number of methoxy groups -OCH3 is 1. The summed E-state index contributed by atoms with van der Waals surface area (Å²) in [5.74, 6) is 1.06. The van der Waals surface area contributed by atoms with Crippen LogP contribution in [0, 0.1) is 0 Å². The molecule has 0 atom stereocenters. The number of nitrogens with one attached hydrogen (secondary N) is 2. The van der Waals surface area contributed by atoms with Crippen molar-refractivity contribution < 1.29 is 13.2 Å². The third-order valence-electron chi connectivity index (χ3n) is 4.65. The molecule has 0 spiro atoms. The molecule has 1 fully saturated rings. The number of rotatable bonds is 6. The molecule has 2 aromatic rings. The minimum atomic E-state index is -3.52. The van der Waals surface area contributed by atoms with Crippen molar-refractivity contribution >= 4 is 16.0 Å². The molecule has 0 amide bonds. The van der Waals surface area contributed by atoms with E-state index in [1.54, 1.807) is 31.4 Å². The first-order valence-corrected chi connectivity index (χ1v) is 10.4. The summed E-state index contributed by atoms with van der Waals surface area (Å²) in [7, 11) is -1.98. The van der Waals surface area contributed by atoms with Crippen LogP contribution in [0.3, 0.4) is 0 Å². The molecule has 0 aliphatic carbocycles. The summed E-state index contributed by atoms with van der Waals surface area (Å²) in [6.45, 7) is 2.75. The van der Waals surface area contributed by atoms with Gasteiger partial charge in [0.25, 0.3) is 5.56 Å². The smallest absolute Gasteiger partial charge is 0.252 e. The van der Waals surface area contributed by atoms with Gasteiger partial charge in [-0.1, -0.05) is 6.92 Å². The summed E-state index contributed by atoms with van der Waals surface area (Å²) < 4.78 is 32.1. The average molecular weight is 392 g/mol. The number of aryl methyl sites for hydroxylation is 1. The van der Waals surface area contributed by atoms with E-state index in [4.69, 9.17) is 4.74 Å². The second kappa shape index (κ2) is 8.10. The Labute approximate surface area is 158 Å². The maximum atomic E-state index is 12.8. The van der Waals surface area contributed by atoms with E-state index in [2.05, 4.69) is 15.3 Å². The maximum Gasteiger partial charge on any atom is 0.252 e. The minimum absolute atomic E-state index is 0.0579. The van der Waals surface area contributed by atoms with Gasteiger partial charge in [-0.3, -0.25) is 9.78 Å². The first-order valence-electron chi connectivity index (χ1n) is 8.93. The number of nitrogens with zero attached hydrogens (tertiary/aromatic N) is 2. The van der Waals surface area contributed by atoms with Gasteiger partial charge in [0.1, 0.15) is 5.75 Å². The number of ether oxygens (including phenoxy) is 1. The number of benzene rings is 1. The van der Waals surface area contributed by atoms with Crippen LogP contribution in [-0.2, 0) is 16.4 Å². The van der Waals surface area contributed by atoms with E-state index >= 15 is 0 Å². The molecule has 0 unspecified atom stereocenters. The summed E-state index contributed by atoms with van der Waals surface area (Å²) in [4.78, 5) is 19.0. The van der Waals surface area contributed by atoms with Gasteiger partial charge in [0, 0.05) is 30.9 Å². The van der Waals surface area contributed by atoms with Crippen LogP contribution in [-0.4, -0.2) is 48.9 Å². The minimum Gasteiger partial charge on any atom is -0.497 e. The van der Waals surface area contributed by atoms with Gasteiger partial charge in [0.05, 0.1) is 12.0 Å². The predicted molar refractivity (Wildman–Crippen MR) is 103 cm³/mol. The van der Waals surface area contributed by atoms with E-state index in [-0.39, 0.29) is 16.5 Å². The zero-order valence-electron chi connectivity index (χ0n) is 15.4. The van der Waals surface area contributed by atoms with E-state index in [9.17, 15) is 13.2 Å². The molecule has 1 saturated heterocycles. The Morgan fingerprint density at radius 2 is 1.93 bits per heavy atom. The van der Waals surface area contributed by atoms with Crippen LogP contribution in [0.4, 0.5) is 5.95 Å². The Morgan fingerprint density at radius 3 is 2.52 bits per heavy atom. The molecule has 3 rings (SSSR count). The topological polar surface area (TPSA) is 104 Å². The second-order valence-corrected chi connectivity index (χ2v) is 8.38. The maximum absolute atomic E-state index is 12.8. The quantitative estimate of drug-likeness (QED) is 0.774. The van der Waals surface area contributed by atoms with Crippen LogP contribution in [0.2, 0.25) is 0 Å². The molecule has 0 bridgehead atoms. The second-order valence-electron chi connectivity index (χ2n) is 6.44. The molecule has 0 radical (unpaired) electrons. The lowest BCUT2D eigenvalue weighted by Crippen LogP contribution is -2.42. The highest BCUT2D eigenvalue weighted by Crippen LogP contribution is 2.23. The van der Waals surface area contributed by atoms with Gasteiger partial charge in [0.2, 0.25) is 16.0 Å². The number of piperidine rings is 1. The Hall–Kier alpha value is -2.39. The monoisotopic (exact) mass is 392 g/mol. The van der Waals surface area contributed by atoms with E-state index < -0.39 is 10.0 Å². The summed E-state index contributed by atoms with van der Waals surface area (Å²) in [6, 6.07) is 7.94. The number of sulfonamides is 1. The molecule has 8 nitrogen and oxygen atoms in total. The van der Waals surface area contributed by atoms with E-state index in [1.165, 1.54) is 10.4 Å². The number of anilines is 1. The molecule has 146 valence electrons. The standard InChI is InChI=1S/C18H24N4O4S/c1-3-13-12-17(23)21-18(19-13)20-14-8-10-22(11-9-14)27(24,25)16-6-4-15(26-2)5-7-16/h4-7,12,14H,3,8-11H2,1-2H3,(H2,19,20,21,23). The molecule has 1 aromatic heterocycles. The fourth-order valence-electron chi connectivity index (χ4n) is 3.09. The van der Waals surface area contributed by atoms with Gasteiger partial charge < -0.3 is 10.1 Å². The number of aromatic amines is 1. The van der Waals surface area contributed by atoms with Crippen molar-refractivity contribution in [2.75, 3.05) is 25.5 Å². The van der Waals surface area contributed by atoms with Crippen LogP contribution in [0.5, 0.6) is 5.75 Å². The van der Waals surface area contributed by atoms with Gasteiger partial charge >= 0.3 is 0 Å². The average Bonchev–Trinajstić information content (AvgIpc) is 2.68. The van der Waals surface area contributed by atoms with Gasteiger partial charge in [-0.2, -0.15) is 4.31 Å². The highest BCUT2D eigenvalue weighted by atomic mass is 32.2. The van der Waals surface area contributed by atoms with Crippen molar-refractivity contribution in [1.82, 2.24) is 14.3 Å². The largest absolute Gasteiger partial charge is 0.497 e. The Bertz CT molecular complexity index is 933. The zero-order chi connectivity index (χ0) is 19.4. The van der Waals surface area contributed by atoms with Crippen LogP contribution >= 0.6 is 0 Å². The molecule has 27 heavy (non-hydrogen) atoms. The summed E-state index contributed by atoms with van der Waals surface area (Å²) >= 11 is 0. The summed E-state index contributed by atoms with van der Waals surface area (Å²) in [5, 5.41) is 3.22. The highest BCUT2D eigenvalue weighted by Gasteiger charge is 2.29. The molecular formula is C18H24N4O4S. The molecule has 0 saturated carbocycles. The highest BCUT2D eigenvalue weighted by molar-refractivity contribution is 7.89. The lowest BCUT2D eigenvalue weighted by molar-refractivity contribution is 0.329. The zero-order valence-corrected chi connectivity index (χ0v) is 16.3. The van der Waals surface area contributed by atoms with E-state index in [1.807, 2.05) is 6.92 Å². The molecular weight excluding hydrogens is 368 g/mol. The van der Waals surface area contributed by atoms with Crippen molar-refractivity contribution in [1.29, 1.82) is 0 Å². The number of aromatic nitrogens is 2. The molecule has 1 aromatic carbocycles. The Morgan fingerprint density at radius 1 is 1.26 bits per heavy atom. The Kier molecular flexibility index (Phi) is 5.81. The predicted octanol–water partition coefficient (Wildman–Crippen LogP) is 1.61. The van der Waals surface area contributed by atoms with Crippen molar-refractivity contribution in [2.45, 2.75) is 37.1 Å². The van der Waals surface area contributed by atoms with Crippen molar-refractivity contribution in [3.05, 3.63) is 46.4 Å². The Balaban J connectivity index is 1.64. The lowest BCUT2D eigenvalue weighted by atomic mass is 10.1. The van der Waals surface area contributed by atoms with Crippen LogP contribution in [0.25, 0.3) is 0 Å². The fraction of sp³-hybridized carbons (Fsp3) is 0.444. The first kappa shape index (κ1) is 19.4. The van der Waals surface area contributed by atoms with Crippen molar-refractivity contribution in [3.63, 3.8) is 0 Å². The van der Waals surface area contributed by atoms with Gasteiger partial charge in [-0.05, 0) is 43.5 Å². The van der Waals surface area contributed by atoms with Crippen molar-refractivity contribution in [2.24, 2.45) is 0 Å². The number of hydrogen-bond donors (Lipinski definition) is 2. The van der Waals surface area contributed by atoms with Crippen molar-refractivity contribution in [3.8, 4) is 5.75 Å². The van der Waals surface area contributed by atoms with Gasteiger partial charge in [0.15, 0.2) is 0 Å². The lowest BCUT2D eigenvalue weighted by Gasteiger charge is -2.31. The van der Waals surface area contributed by atoms with Gasteiger partial charge in [-0.15, -0.1) is 0 Å². The van der Waals surface area contributed by atoms with Crippen LogP contribution in [0.1, 0.15) is 25.5 Å². The summed E-state index contributed by atoms with van der Waals surface area (Å²) in [6.07, 6.45) is 1.95. The molecule has 1 aliphatic heterocycles. The summed E-state index contributed by atoms with van der Waals surface area (Å²) in [5.41, 5.74) is 0.532. The third-order valence-corrected chi connectivity index (χ3v) is 6.56. The third kappa shape index (κ3) is 4.48. The fourth-order valence-corrected chi connectivity index (χ4v) is 4.56. The SMILES string of the molecule is CCc1cc(=O)[nH]c(NC2CCN(S(=O)(=O)c3ccc(OC)cc3)CC2)n1. The molecule has 2 heterocycles. The first-order chi connectivity index (χ1) is 12.9.